The lowest BCUT2D eigenvalue weighted by Crippen LogP contribution is -2.33. The molecule has 0 aromatic carbocycles. The Morgan fingerprint density at radius 3 is 2.36 bits per heavy atom. The molecule has 0 amide bonds. The van der Waals surface area contributed by atoms with Gasteiger partial charge < -0.3 is 25.2 Å². The summed E-state index contributed by atoms with van der Waals surface area (Å²) >= 11 is 0. The fourth-order valence-corrected chi connectivity index (χ4v) is 1.13. The zero-order valence-electron chi connectivity index (χ0n) is 5.97. The van der Waals surface area contributed by atoms with Crippen molar-refractivity contribution in [2.24, 2.45) is 0 Å². The number of aliphatic hydroxyl groups is 4. The van der Waals surface area contributed by atoms with Gasteiger partial charge in [0.2, 0.25) is 0 Å². The highest BCUT2D eigenvalue weighted by molar-refractivity contribution is 4.85. The molecule has 0 saturated carbocycles. The Kier molecular flexibility index (Phi) is 2.46. The summed E-state index contributed by atoms with van der Waals surface area (Å²) in [5, 5.41) is 35.5. The Hall–Kier alpha value is -0.200. The van der Waals surface area contributed by atoms with E-state index in [-0.39, 0.29) is 13.0 Å². The monoisotopic (exact) mass is 164 g/mol. The summed E-state index contributed by atoms with van der Waals surface area (Å²) in [5.74, 6) is -1.67. The van der Waals surface area contributed by atoms with Crippen molar-refractivity contribution in [3.8, 4) is 0 Å². The van der Waals surface area contributed by atoms with Gasteiger partial charge >= 0.3 is 0 Å². The minimum atomic E-state index is -1.67. The molecule has 1 aliphatic rings. The van der Waals surface area contributed by atoms with Gasteiger partial charge in [-0.25, -0.2) is 0 Å². The van der Waals surface area contributed by atoms with Gasteiger partial charge in [-0.2, -0.15) is 0 Å². The number of ether oxygens (including phenoxy) is 1. The molecule has 1 rings (SSSR count). The van der Waals surface area contributed by atoms with Gasteiger partial charge in [-0.3, -0.25) is 0 Å². The van der Waals surface area contributed by atoms with E-state index in [1.165, 1.54) is 0 Å². The van der Waals surface area contributed by atoms with Crippen LogP contribution in [0.3, 0.4) is 0 Å². The molecule has 1 fully saturated rings. The molecule has 3 atom stereocenters. The highest BCUT2D eigenvalue weighted by atomic mass is 16.7. The summed E-state index contributed by atoms with van der Waals surface area (Å²) in [7, 11) is 0. The fraction of sp³-hybridized carbons (Fsp3) is 1.00. The SMILES string of the molecule is OC[C@H]1OC(O)(CO)C[C@@H]1O. The van der Waals surface area contributed by atoms with E-state index in [2.05, 4.69) is 0 Å². The van der Waals surface area contributed by atoms with E-state index >= 15 is 0 Å². The van der Waals surface area contributed by atoms with Gasteiger partial charge in [0.15, 0.2) is 5.79 Å². The molecule has 0 aromatic rings. The van der Waals surface area contributed by atoms with Crippen molar-refractivity contribution >= 4 is 0 Å². The third kappa shape index (κ3) is 1.69. The number of hydrogen-bond donors (Lipinski definition) is 4. The second-order valence-corrected chi connectivity index (χ2v) is 2.71. The first-order chi connectivity index (χ1) is 5.11. The fourth-order valence-electron chi connectivity index (χ4n) is 1.13. The highest BCUT2D eigenvalue weighted by Gasteiger charge is 2.43. The molecule has 66 valence electrons. The second-order valence-electron chi connectivity index (χ2n) is 2.71. The topological polar surface area (TPSA) is 90.2 Å². The van der Waals surface area contributed by atoms with Crippen LogP contribution in [-0.2, 0) is 4.74 Å². The second kappa shape index (κ2) is 3.04. The lowest BCUT2D eigenvalue weighted by molar-refractivity contribution is -0.217. The number of aliphatic hydroxyl groups excluding tert-OH is 3. The minimum absolute atomic E-state index is 0.0608. The van der Waals surface area contributed by atoms with Gasteiger partial charge in [0.25, 0.3) is 0 Å². The maximum atomic E-state index is 9.23. The Morgan fingerprint density at radius 1 is 1.45 bits per heavy atom. The summed E-state index contributed by atoms with van der Waals surface area (Å²) in [4.78, 5) is 0. The lowest BCUT2D eigenvalue weighted by Gasteiger charge is -2.18. The standard InChI is InChI=1S/C6H12O5/c7-2-5-4(9)1-6(10,3-8)11-5/h4-5,7-10H,1-3H2/t4-,5+,6?/m0/s1. The van der Waals surface area contributed by atoms with Crippen LogP contribution in [0, 0.1) is 0 Å². The van der Waals surface area contributed by atoms with Gasteiger partial charge in [-0.15, -0.1) is 0 Å². The first kappa shape index (κ1) is 8.89. The first-order valence-corrected chi connectivity index (χ1v) is 3.41. The first-order valence-electron chi connectivity index (χ1n) is 3.41. The van der Waals surface area contributed by atoms with Crippen LogP contribution in [0.5, 0.6) is 0 Å². The van der Waals surface area contributed by atoms with Gasteiger partial charge in [0, 0.05) is 6.42 Å². The number of hydrogen-bond acceptors (Lipinski definition) is 5. The predicted octanol–water partition coefficient (Wildman–Crippen LogP) is -2.19. The molecule has 0 bridgehead atoms. The Balaban J connectivity index is 2.55. The van der Waals surface area contributed by atoms with Crippen molar-refractivity contribution in [3.63, 3.8) is 0 Å². The van der Waals surface area contributed by atoms with Crippen LogP contribution >= 0.6 is 0 Å². The van der Waals surface area contributed by atoms with Gasteiger partial charge in [-0.05, 0) is 0 Å². The molecular formula is C6H12O5. The third-order valence-electron chi connectivity index (χ3n) is 1.76. The van der Waals surface area contributed by atoms with E-state index in [0.717, 1.165) is 0 Å². The molecule has 4 N–H and O–H groups in total. The van der Waals surface area contributed by atoms with Crippen LogP contribution in [0.15, 0.2) is 0 Å². The molecule has 1 saturated heterocycles. The summed E-state index contributed by atoms with van der Waals surface area (Å²) in [6.07, 6.45) is -1.75. The summed E-state index contributed by atoms with van der Waals surface area (Å²) < 4.78 is 4.77. The van der Waals surface area contributed by atoms with Crippen LogP contribution < -0.4 is 0 Å². The van der Waals surface area contributed by atoms with Crippen molar-refractivity contribution < 1.29 is 25.2 Å². The van der Waals surface area contributed by atoms with Crippen molar-refractivity contribution in [1.82, 2.24) is 0 Å². The average molecular weight is 164 g/mol. The quantitative estimate of drug-likeness (QED) is 0.372. The van der Waals surface area contributed by atoms with E-state index in [1.807, 2.05) is 0 Å². The molecular weight excluding hydrogens is 152 g/mol. The summed E-state index contributed by atoms with van der Waals surface area (Å²) in [5.41, 5.74) is 0. The van der Waals surface area contributed by atoms with E-state index in [9.17, 15) is 5.11 Å². The Labute approximate surface area is 63.8 Å². The zero-order chi connectivity index (χ0) is 8.48. The third-order valence-corrected chi connectivity index (χ3v) is 1.76. The van der Waals surface area contributed by atoms with Crippen LogP contribution in [0.1, 0.15) is 6.42 Å². The molecule has 1 heterocycles. The predicted molar refractivity (Wildman–Crippen MR) is 34.6 cm³/mol. The van der Waals surface area contributed by atoms with Crippen LogP contribution in [0.25, 0.3) is 0 Å². The molecule has 0 radical (unpaired) electrons. The van der Waals surface area contributed by atoms with Crippen molar-refractivity contribution in [1.29, 1.82) is 0 Å². The van der Waals surface area contributed by atoms with Crippen molar-refractivity contribution in [2.75, 3.05) is 13.2 Å². The smallest absolute Gasteiger partial charge is 0.192 e. The Morgan fingerprint density at radius 2 is 2.09 bits per heavy atom. The molecule has 1 unspecified atom stereocenters. The molecule has 0 aromatic heterocycles. The largest absolute Gasteiger partial charge is 0.394 e. The van der Waals surface area contributed by atoms with Crippen molar-refractivity contribution in [3.05, 3.63) is 0 Å². The average Bonchev–Trinajstić information content (AvgIpc) is 2.27. The lowest BCUT2D eigenvalue weighted by atomic mass is 10.1. The van der Waals surface area contributed by atoms with Crippen LogP contribution in [-0.4, -0.2) is 51.6 Å². The maximum Gasteiger partial charge on any atom is 0.192 e. The molecule has 0 spiro atoms. The number of rotatable bonds is 2. The van der Waals surface area contributed by atoms with Crippen molar-refractivity contribution in [2.45, 2.75) is 24.4 Å². The summed E-state index contributed by atoms with van der Waals surface area (Å²) in [6.45, 7) is -0.927. The van der Waals surface area contributed by atoms with E-state index in [0.29, 0.717) is 0 Å². The zero-order valence-corrected chi connectivity index (χ0v) is 5.97. The highest BCUT2D eigenvalue weighted by Crippen LogP contribution is 2.27. The molecule has 0 aliphatic carbocycles. The molecule has 5 heteroatoms. The van der Waals surface area contributed by atoms with Crippen LogP contribution in [0.2, 0.25) is 0 Å². The minimum Gasteiger partial charge on any atom is -0.394 e. The molecule has 11 heavy (non-hydrogen) atoms. The van der Waals surface area contributed by atoms with Gasteiger partial charge in [-0.1, -0.05) is 0 Å². The van der Waals surface area contributed by atoms with Gasteiger partial charge in [0.1, 0.15) is 6.10 Å². The van der Waals surface area contributed by atoms with Crippen LogP contribution in [0.4, 0.5) is 0 Å². The Bertz CT molecular complexity index is 139. The molecule has 1 aliphatic heterocycles. The summed E-state index contributed by atoms with van der Waals surface area (Å²) in [6, 6.07) is 0. The maximum absolute atomic E-state index is 9.23. The molecule has 5 nitrogen and oxygen atoms in total. The van der Waals surface area contributed by atoms with E-state index in [1.54, 1.807) is 0 Å². The normalized spacial score (nSPS) is 44.7. The van der Waals surface area contributed by atoms with E-state index in [4.69, 9.17) is 20.1 Å². The van der Waals surface area contributed by atoms with E-state index < -0.39 is 24.6 Å². The van der Waals surface area contributed by atoms with Gasteiger partial charge in [0.05, 0.1) is 19.3 Å².